The summed E-state index contributed by atoms with van der Waals surface area (Å²) in [5.74, 6) is 2.64. The smallest absolute Gasteiger partial charge is 0.293 e. The number of furan rings is 1. The van der Waals surface area contributed by atoms with Crippen LogP contribution >= 0.6 is 0 Å². The zero-order valence-corrected chi connectivity index (χ0v) is 15.0. The van der Waals surface area contributed by atoms with E-state index in [0.717, 1.165) is 41.9 Å². The lowest BCUT2D eigenvalue weighted by Gasteiger charge is -2.25. The van der Waals surface area contributed by atoms with Crippen LogP contribution in [0.4, 0.5) is 0 Å². The number of piperidine rings is 1. The van der Waals surface area contributed by atoms with Crippen LogP contribution in [0.2, 0.25) is 0 Å². The van der Waals surface area contributed by atoms with Gasteiger partial charge in [0.05, 0.1) is 18.3 Å². The molecule has 138 valence electrons. The van der Waals surface area contributed by atoms with E-state index in [1.54, 1.807) is 0 Å². The highest BCUT2D eigenvalue weighted by molar-refractivity contribution is 5.78. The van der Waals surface area contributed by atoms with E-state index in [9.17, 15) is 0 Å². The molecule has 4 aromatic rings. The van der Waals surface area contributed by atoms with Crippen LogP contribution in [0.25, 0.3) is 22.6 Å². The lowest BCUT2D eigenvalue weighted by Crippen LogP contribution is -2.28. The van der Waals surface area contributed by atoms with Crippen molar-refractivity contribution < 1.29 is 8.94 Å². The Morgan fingerprint density at radius 3 is 2.93 bits per heavy atom. The first-order valence-corrected chi connectivity index (χ1v) is 9.39. The second kappa shape index (κ2) is 7.00. The van der Waals surface area contributed by atoms with Crippen LogP contribution < -0.4 is 0 Å². The summed E-state index contributed by atoms with van der Waals surface area (Å²) in [4.78, 5) is 6.92. The van der Waals surface area contributed by atoms with Crippen LogP contribution in [0.3, 0.4) is 0 Å². The molecule has 27 heavy (non-hydrogen) atoms. The predicted molar refractivity (Wildman–Crippen MR) is 100 cm³/mol. The van der Waals surface area contributed by atoms with Crippen molar-refractivity contribution in [2.45, 2.75) is 32.2 Å². The fourth-order valence-electron chi connectivity index (χ4n) is 3.62. The molecule has 7 nitrogen and oxygen atoms in total. The average molecular weight is 363 g/mol. The van der Waals surface area contributed by atoms with Gasteiger partial charge in [0, 0.05) is 11.8 Å². The molecule has 1 fully saturated rings. The lowest BCUT2D eigenvalue weighted by atomic mass is 10.1. The van der Waals surface area contributed by atoms with E-state index in [1.807, 2.05) is 24.4 Å². The number of hydrogen-bond acceptors (Lipinski definition) is 6. The van der Waals surface area contributed by atoms with E-state index in [0.29, 0.717) is 23.9 Å². The van der Waals surface area contributed by atoms with Crippen molar-refractivity contribution in [3.63, 3.8) is 0 Å². The number of aromatic amines is 1. The standard InChI is InChI=1S/C20H21N5O2/c1-2-8-25(9-3-1)13-16-6-7-18(26-16)20-22-19(24-27-20)11-14-4-5-15-12-21-23-17(15)10-14/h4-7,10,12H,1-3,8-9,11,13H2,(H,21,23). The van der Waals surface area contributed by atoms with Crippen molar-refractivity contribution in [2.24, 2.45) is 0 Å². The van der Waals surface area contributed by atoms with Gasteiger partial charge in [-0.3, -0.25) is 10.00 Å². The van der Waals surface area contributed by atoms with Crippen LogP contribution in [-0.4, -0.2) is 38.3 Å². The van der Waals surface area contributed by atoms with Crippen LogP contribution in [0, 0.1) is 0 Å². The molecule has 0 radical (unpaired) electrons. The maximum absolute atomic E-state index is 5.93. The number of rotatable bonds is 5. The quantitative estimate of drug-likeness (QED) is 0.581. The zero-order chi connectivity index (χ0) is 18.1. The number of likely N-dealkylation sites (tertiary alicyclic amines) is 1. The fraction of sp³-hybridized carbons (Fsp3) is 0.350. The number of nitrogens with one attached hydrogen (secondary N) is 1. The molecule has 4 heterocycles. The number of H-pyrrole nitrogens is 1. The van der Waals surface area contributed by atoms with Crippen LogP contribution in [0.5, 0.6) is 0 Å². The summed E-state index contributed by atoms with van der Waals surface area (Å²) in [6, 6.07) is 10.1. The molecule has 1 N–H and O–H groups in total. The second-order valence-electron chi connectivity index (χ2n) is 7.09. The Balaban J connectivity index is 1.28. The zero-order valence-electron chi connectivity index (χ0n) is 15.0. The van der Waals surface area contributed by atoms with E-state index in [1.165, 1.54) is 19.3 Å². The van der Waals surface area contributed by atoms with Gasteiger partial charge in [0.25, 0.3) is 5.89 Å². The highest BCUT2D eigenvalue weighted by Gasteiger charge is 2.16. The first-order chi connectivity index (χ1) is 13.3. The molecule has 0 atom stereocenters. The van der Waals surface area contributed by atoms with Gasteiger partial charge in [-0.2, -0.15) is 10.1 Å². The SMILES string of the molecule is c1cc2cn[nH]c2cc1Cc1noc(-c2ccc(CN3CCCCC3)o2)n1. The van der Waals surface area contributed by atoms with Crippen LogP contribution in [-0.2, 0) is 13.0 Å². The molecule has 3 aromatic heterocycles. The predicted octanol–water partition coefficient (Wildman–Crippen LogP) is 3.78. The molecule has 0 aliphatic carbocycles. The number of aromatic nitrogens is 4. The van der Waals surface area contributed by atoms with Crippen molar-refractivity contribution >= 4 is 10.9 Å². The Morgan fingerprint density at radius 1 is 1.07 bits per heavy atom. The van der Waals surface area contributed by atoms with E-state index in [-0.39, 0.29) is 0 Å². The number of nitrogens with zero attached hydrogens (tertiary/aromatic N) is 4. The largest absolute Gasteiger partial charge is 0.455 e. The highest BCUT2D eigenvalue weighted by Crippen LogP contribution is 2.23. The van der Waals surface area contributed by atoms with E-state index < -0.39 is 0 Å². The van der Waals surface area contributed by atoms with E-state index in [2.05, 4.69) is 37.4 Å². The van der Waals surface area contributed by atoms with Gasteiger partial charge in [0.15, 0.2) is 11.6 Å². The van der Waals surface area contributed by atoms with Gasteiger partial charge in [-0.05, 0) is 49.7 Å². The molecule has 1 aliphatic heterocycles. The molecule has 0 amide bonds. The minimum Gasteiger partial charge on any atom is -0.455 e. The maximum Gasteiger partial charge on any atom is 0.293 e. The molecule has 5 rings (SSSR count). The van der Waals surface area contributed by atoms with Gasteiger partial charge in [-0.25, -0.2) is 0 Å². The number of fused-ring (bicyclic) bond motifs is 1. The molecule has 0 bridgehead atoms. The summed E-state index contributed by atoms with van der Waals surface area (Å²) in [6.45, 7) is 3.12. The minimum atomic E-state index is 0.428. The average Bonchev–Trinajstić information content (AvgIpc) is 3.43. The molecule has 0 spiro atoms. The number of hydrogen-bond donors (Lipinski definition) is 1. The molecule has 1 aromatic carbocycles. The monoisotopic (exact) mass is 363 g/mol. The lowest BCUT2D eigenvalue weighted by molar-refractivity contribution is 0.205. The topological polar surface area (TPSA) is 84.0 Å². The first kappa shape index (κ1) is 16.3. The molecule has 1 aliphatic rings. The third-order valence-corrected chi connectivity index (χ3v) is 5.04. The van der Waals surface area contributed by atoms with Gasteiger partial charge < -0.3 is 8.94 Å². The first-order valence-electron chi connectivity index (χ1n) is 9.39. The summed E-state index contributed by atoms with van der Waals surface area (Å²) in [5.41, 5.74) is 2.11. The van der Waals surface area contributed by atoms with Crippen molar-refractivity contribution in [3.8, 4) is 11.7 Å². The Hall–Kier alpha value is -2.93. The van der Waals surface area contributed by atoms with Crippen molar-refractivity contribution in [1.29, 1.82) is 0 Å². The molecule has 0 saturated carbocycles. The van der Waals surface area contributed by atoms with Crippen molar-refractivity contribution in [1.82, 2.24) is 25.2 Å². The van der Waals surface area contributed by atoms with Crippen molar-refractivity contribution in [3.05, 3.63) is 53.7 Å². The molecule has 0 unspecified atom stereocenters. The molecular formula is C20H21N5O2. The van der Waals surface area contributed by atoms with E-state index in [4.69, 9.17) is 8.94 Å². The molecular weight excluding hydrogens is 342 g/mol. The van der Waals surface area contributed by atoms with E-state index >= 15 is 0 Å². The van der Waals surface area contributed by atoms with Gasteiger partial charge in [0.1, 0.15) is 5.76 Å². The third-order valence-electron chi connectivity index (χ3n) is 5.04. The Kier molecular flexibility index (Phi) is 4.21. The Bertz CT molecular complexity index is 1040. The van der Waals surface area contributed by atoms with Gasteiger partial charge in [-0.1, -0.05) is 23.7 Å². The summed E-state index contributed by atoms with van der Waals surface area (Å²) in [6.07, 6.45) is 6.28. The maximum atomic E-state index is 5.93. The van der Waals surface area contributed by atoms with Gasteiger partial charge in [0.2, 0.25) is 0 Å². The fourth-order valence-corrected chi connectivity index (χ4v) is 3.62. The summed E-state index contributed by atoms with van der Waals surface area (Å²) in [5, 5.41) is 12.2. The Labute approximate surface area is 156 Å². The normalized spacial score (nSPS) is 15.6. The molecule has 7 heteroatoms. The second-order valence-corrected chi connectivity index (χ2v) is 7.09. The highest BCUT2D eigenvalue weighted by atomic mass is 16.5. The van der Waals surface area contributed by atoms with Crippen molar-refractivity contribution in [2.75, 3.05) is 13.1 Å². The van der Waals surface area contributed by atoms with Gasteiger partial charge in [-0.15, -0.1) is 0 Å². The third kappa shape index (κ3) is 3.50. The minimum absolute atomic E-state index is 0.428. The Morgan fingerprint density at radius 2 is 2.00 bits per heavy atom. The summed E-state index contributed by atoms with van der Waals surface area (Å²) < 4.78 is 11.3. The number of benzene rings is 1. The van der Waals surface area contributed by atoms with Gasteiger partial charge >= 0.3 is 0 Å². The summed E-state index contributed by atoms with van der Waals surface area (Å²) in [7, 11) is 0. The van der Waals surface area contributed by atoms with Crippen LogP contribution in [0.1, 0.15) is 36.4 Å². The summed E-state index contributed by atoms with van der Waals surface area (Å²) >= 11 is 0. The molecule has 1 saturated heterocycles. The van der Waals surface area contributed by atoms with Crippen LogP contribution in [0.15, 0.2) is 45.5 Å².